The van der Waals surface area contributed by atoms with E-state index in [1.165, 1.54) is 13.4 Å². The summed E-state index contributed by atoms with van der Waals surface area (Å²) in [6, 6.07) is 5.35. The smallest absolute Gasteiger partial charge is 0.175 e. The first kappa shape index (κ1) is 15.7. The summed E-state index contributed by atoms with van der Waals surface area (Å²) in [5, 5.41) is 13.7. The SMILES string of the molecule is COc1cc(CCN(C)c2cncc(-n3cncn3)n2)ccc1O. The molecule has 124 valence electrons. The number of hydrogen-bond acceptors (Lipinski definition) is 7. The lowest BCUT2D eigenvalue weighted by molar-refractivity contribution is 0.373. The van der Waals surface area contributed by atoms with Crippen LogP contribution in [-0.2, 0) is 6.42 Å². The van der Waals surface area contributed by atoms with Crippen molar-refractivity contribution in [1.29, 1.82) is 0 Å². The van der Waals surface area contributed by atoms with E-state index in [0.29, 0.717) is 11.6 Å². The van der Waals surface area contributed by atoms with Gasteiger partial charge in [0.05, 0.1) is 19.5 Å². The fourth-order valence-corrected chi connectivity index (χ4v) is 2.26. The van der Waals surface area contributed by atoms with Crippen molar-refractivity contribution in [2.75, 3.05) is 25.6 Å². The van der Waals surface area contributed by atoms with E-state index >= 15 is 0 Å². The topological polar surface area (TPSA) is 89.2 Å². The number of aromatic nitrogens is 5. The maximum atomic E-state index is 9.64. The van der Waals surface area contributed by atoms with Gasteiger partial charge >= 0.3 is 0 Å². The molecule has 2 aromatic heterocycles. The summed E-state index contributed by atoms with van der Waals surface area (Å²) in [5.74, 6) is 1.97. The lowest BCUT2D eigenvalue weighted by Crippen LogP contribution is -2.22. The molecule has 1 N–H and O–H groups in total. The van der Waals surface area contributed by atoms with Gasteiger partial charge in [0.1, 0.15) is 18.5 Å². The van der Waals surface area contributed by atoms with Crippen LogP contribution in [0.25, 0.3) is 5.82 Å². The second kappa shape index (κ2) is 6.95. The predicted octanol–water partition coefficient (Wildman–Crippen LogP) is 1.45. The standard InChI is InChI=1S/C16H18N6O2/c1-21(6-5-12-3-4-13(23)14(7-12)24-2)15-8-17-9-16(20-15)22-11-18-10-19-22/h3-4,7-11,23H,5-6H2,1-2H3. The molecule has 0 aliphatic heterocycles. The van der Waals surface area contributed by atoms with Crippen molar-refractivity contribution in [2.24, 2.45) is 0 Å². The maximum Gasteiger partial charge on any atom is 0.175 e. The number of hydrogen-bond donors (Lipinski definition) is 1. The fraction of sp³-hybridized carbons (Fsp3) is 0.250. The highest BCUT2D eigenvalue weighted by molar-refractivity contribution is 5.43. The number of benzene rings is 1. The van der Waals surface area contributed by atoms with Crippen LogP contribution in [0.2, 0.25) is 0 Å². The minimum Gasteiger partial charge on any atom is -0.504 e. The molecular formula is C16H18N6O2. The molecule has 0 spiro atoms. The first-order valence-electron chi connectivity index (χ1n) is 7.41. The van der Waals surface area contributed by atoms with E-state index in [1.807, 2.05) is 24.1 Å². The van der Waals surface area contributed by atoms with Crippen LogP contribution in [0.3, 0.4) is 0 Å². The second-order valence-electron chi connectivity index (χ2n) is 5.25. The minimum absolute atomic E-state index is 0.140. The Morgan fingerprint density at radius 2 is 2.12 bits per heavy atom. The van der Waals surface area contributed by atoms with E-state index in [2.05, 4.69) is 20.1 Å². The zero-order valence-corrected chi connectivity index (χ0v) is 13.5. The van der Waals surface area contributed by atoms with Crippen molar-refractivity contribution in [3.8, 4) is 17.3 Å². The number of ether oxygens (including phenoxy) is 1. The van der Waals surface area contributed by atoms with E-state index in [-0.39, 0.29) is 5.75 Å². The van der Waals surface area contributed by atoms with Crippen molar-refractivity contribution in [1.82, 2.24) is 24.7 Å². The normalized spacial score (nSPS) is 10.6. The van der Waals surface area contributed by atoms with Crippen molar-refractivity contribution >= 4 is 5.82 Å². The Hall–Kier alpha value is -3.16. The molecule has 24 heavy (non-hydrogen) atoms. The highest BCUT2D eigenvalue weighted by Crippen LogP contribution is 2.26. The average Bonchev–Trinajstić information content (AvgIpc) is 3.15. The van der Waals surface area contributed by atoms with Crippen molar-refractivity contribution < 1.29 is 9.84 Å². The average molecular weight is 326 g/mol. The van der Waals surface area contributed by atoms with Crippen LogP contribution in [0.1, 0.15) is 5.56 Å². The van der Waals surface area contributed by atoms with Gasteiger partial charge in [-0.05, 0) is 24.1 Å². The van der Waals surface area contributed by atoms with Gasteiger partial charge in [-0.25, -0.2) is 14.6 Å². The lowest BCUT2D eigenvalue weighted by Gasteiger charge is -2.18. The molecule has 0 saturated heterocycles. The molecule has 0 aliphatic rings. The molecule has 1 aromatic carbocycles. The Labute approximate surface area is 139 Å². The van der Waals surface area contributed by atoms with Gasteiger partial charge in [-0.15, -0.1) is 0 Å². The Kier molecular flexibility index (Phi) is 4.55. The zero-order chi connectivity index (χ0) is 16.9. The highest BCUT2D eigenvalue weighted by Gasteiger charge is 2.08. The molecule has 0 bridgehead atoms. The Morgan fingerprint density at radius 1 is 1.25 bits per heavy atom. The van der Waals surface area contributed by atoms with E-state index < -0.39 is 0 Å². The van der Waals surface area contributed by atoms with Crippen molar-refractivity contribution in [2.45, 2.75) is 6.42 Å². The number of rotatable bonds is 6. The van der Waals surface area contributed by atoms with Gasteiger partial charge in [-0.1, -0.05) is 6.07 Å². The van der Waals surface area contributed by atoms with E-state index in [9.17, 15) is 5.11 Å². The summed E-state index contributed by atoms with van der Waals surface area (Å²) in [6.07, 6.45) is 7.16. The summed E-state index contributed by atoms with van der Waals surface area (Å²) >= 11 is 0. The largest absolute Gasteiger partial charge is 0.504 e. The van der Waals surface area contributed by atoms with E-state index in [4.69, 9.17) is 4.74 Å². The number of phenolic OH excluding ortho intramolecular Hbond substituents is 1. The molecule has 0 unspecified atom stereocenters. The monoisotopic (exact) mass is 326 g/mol. The van der Waals surface area contributed by atoms with Crippen LogP contribution in [0.4, 0.5) is 5.82 Å². The molecule has 0 atom stereocenters. The van der Waals surface area contributed by atoms with Crippen molar-refractivity contribution in [3.05, 3.63) is 48.8 Å². The number of anilines is 1. The predicted molar refractivity (Wildman–Crippen MR) is 88.6 cm³/mol. The van der Waals surface area contributed by atoms with Crippen LogP contribution in [0.5, 0.6) is 11.5 Å². The number of aromatic hydroxyl groups is 1. The summed E-state index contributed by atoms with van der Waals surface area (Å²) in [7, 11) is 3.49. The molecule has 8 nitrogen and oxygen atoms in total. The number of nitrogens with zero attached hydrogens (tertiary/aromatic N) is 6. The van der Waals surface area contributed by atoms with Crippen LogP contribution in [0, 0.1) is 0 Å². The Bertz CT molecular complexity index is 806. The quantitative estimate of drug-likeness (QED) is 0.733. The summed E-state index contributed by atoms with van der Waals surface area (Å²) in [5.41, 5.74) is 1.07. The Balaban J connectivity index is 1.69. The molecule has 2 heterocycles. The van der Waals surface area contributed by atoms with Crippen LogP contribution in [-0.4, -0.2) is 50.5 Å². The Morgan fingerprint density at radius 3 is 2.88 bits per heavy atom. The van der Waals surface area contributed by atoms with E-state index in [0.717, 1.165) is 24.3 Å². The number of likely N-dealkylation sites (N-methyl/N-ethyl adjacent to an activating group) is 1. The molecule has 8 heteroatoms. The van der Waals surface area contributed by atoms with Crippen LogP contribution >= 0.6 is 0 Å². The first-order valence-corrected chi connectivity index (χ1v) is 7.41. The zero-order valence-electron chi connectivity index (χ0n) is 13.5. The molecule has 3 aromatic rings. The molecular weight excluding hydrogens is 308 g/mol. The van der Waals surface area contributed by atoms with Crippen molar-refractivity contribution in [3.63, 3.8) is 0 Å². The molecule has 0 radical (unpaired) electrons. The number of methoxy groups -OCH3 is 1. The third-order valence-electron chi connectivity index (χ3n) is 3.63. The summed E-state index contributed by atoms with van der Waals surface area (Å²) in [6.45, 7) is 0.740. The summed E-state index contributed by atoms with van der Waals surface area (Å²) in [4.78, 5) is 14.7. The van der Waals surface area contributed by atoms with Gasteiger partial charge in [0.2, 0.25) is 0 Å². The third kappa shape index (κ3) is 3.43. The van der Waals surface area contributed by atoms with Crippen LogP contribution in [0.15, 0.2) is 43.2 Å². The van der Waals surface area contributed by atoms with Gasteiger partial charge in [-0.2, -0.15) is 5.10 Å². The third-order valence-corrected chi connectivity index (χ3v) is 3.63. The maximum absolute atomic E-state index is 9.64. The molecule has 3 rings (SSSR count). The van der Waals surface area contributed by atoms with Gasteiger partial charge in [0.15, 0.2) is 17.3 Å². The molecule has 0 saturated carbocycles. The highest BCUT2D eigenvalue weighted by atomic mass is 16.5. The van der Waals surface area contributed by atoms with Gasteiger partial charge in [0, 0.05) is 13.6 Å². The first-order chi connectivity index (χ1) is 11.7. The second-order valence-corrected chi connectivity index (χ2v) is 5.25. The minimum atomic E-state index is 0.140. The number of phenols is 1. The lowest BCUT2D eigenvalue weighted by atomic mass is 10.1. The van der Waals surface area contributed by atoms with Gasteiger partial charge in [-0.3, -0.25) is 4.98 Å². The summed E-state index contributed by atoms with van der Waals surface area (Å²) < 4.78 is 6.70. The van der Waals surface area contributed by atoms with Gasteiger partial charge < -0.3 is 14.7 Å². The fourth-order valence-electron chi connectivity index (χ4n) is 2.26. The van der Waals surface area contributed by atoms with Crippen LogP contribution < -0.4 is 9.64 Å². The molecule has 0 aliphatic carbocycles. The molecule has 0 amide bonds. The molecule has 0 fully saturated rings. The van der Waals surface area contributed by atoms with Gasteiger partial charge in [0.25, 0.3) is 0 Å². The van der Waals surface area contributed by atoms with E-state index in [1.54, 1.807) is 29.5 Å².